The third-order valence-corrected chi connectivity index (χ3v) is 3.08. The molecule has 1 fully saturated rings. The average Bonchev–Trinajstić information content (AvgIpc) is 3.08. The van der Waals surface area contributed by atoms with E-state index in [0.29, 0.717) is 19.3 Å². The second-order valence-electron chi connectivity index (χ2n) is 5.17. The monoisotopic (exact) mass is 243 g/mol. The molecule has 0 aromatic carbocycles. The molecule has 1 N–H and O–H groups in total. The van der Waals surface area contributed by atoms with Crippen molar-refractivity contribution in [1.29, 1.82) is 0 Å². The van der Waals surface area contributed by atoms with Gasteiger partial charge in [0.15, 0.2) is 0 Å². The van der Waals surface area contributed by atoms with E-state index in [1.54, 1.807) is 0 Å². The molecule has 1 aliphatic carbocycles. The predicted octanol–water partition coefficient (Wildman–Crippen LogP) is 1.88. The van der Waals surface area contributed by atoms with Crippen LogP contribution in [0.5, 0.6) is 0 Å². The summed E-state index contributed by atoms with van der Waals surface area (Å²) in [6.45, 7) is 8.77. The van der Waals surface area contributed by atoms with E-state index in [1.165, 1.54) is 0 Å². The van der Waals surface area contributed by atoms with Gasteiger partial charge >= 0.3 is 5.97 Å². The number of hydrogen-bond donors (Lipinski definition) is 1. The van der Waals surface area contributed by atoms with Gasteiger partial charge in [-0.05, 0) is 40.0 Å². The van der Waals surface area contributed by atoms with Crippen LogP contribution in [-0.2, 0) is 14.3 Å². The number of rotatable bonds is 8. The molecule has 4 nitrogen and oxygen atoms in total. The lowest BCUT2D eigenvalue weighted by Crippen LogP contribution is -2.45. The summed E-state index contributed by atoms with van der Waals surface area (Å²) < 4.78 is 10.8. The third kappa shape index (κ3) is 5.50. The van der Waals surface area contributed by atoms with E-state index >= 15 is 0 Å². The van der Waals surface area contributed by atoms with Crippen molar-refractivity contribution in [1.82, 2.24) is 5.32 Å². The quantitative estimate of drug-likeness (QED) is 0.661. The molecule has 0 bridgehead atoms. The molecule has 4 heteroatoms. The summed E-state index contributed by atoms with van der Waals surface area (Å²) >= 11 is 0. The van der Waals surface area contributed by atoms with Gasteiger partial charge in [-0.1, -0.05) is 6.92 Å². The smallest absolute Gasteiger partial charge is 0.325 e. The van der Waals surface area contributed by atoms with E-state index in [1.807, 2.05) is 20.8 Å². The Morgan fingerprint density at radius 1 is 1.41 bits per heavy atom. The highest BCUT2D eigenvalue weighted by Crippen LogP contribution is 2.20. The Hall–Kier alpha value is -0.610. The number of hydrogen-bond acceptors (Lipinski definition) is 4. The summed E-state index contributed by atoms with van der Waals surface area (Å²) in [7, 11) is 0. The van der Waals surface area contributed by atoms with Crippen molar-refractivity contribution in [2.75, 3.05) is 13.2 Å². The van der Waals surface area contributed by atoms with Crippen LogP contribution < -0.4 is 5.32 Å². The number of nitrogens with one attached hydrogen (secondary N) is 1. The van der Waals surface area contributed by atoms with Crippen molar-refractivity contribution in [2.24, 2.45) is 0 Å². The molecular formula is C13H25NO3. The summed E-state index contributed by atoms with van der Waals surface area (Å²) in [5.74, 6) is -0.202. The Labute approximate surface area is 104 Å². The van der Waals surface area contributed by atoms with Gasteiger partial charge in [0.25, 0.3) is 0 Å². The summed E-state index contributed by atoms with van der Waals surface area (Å²) in [6.07, 6.45) is 3.21. The number of carbonyl (C=O) groups is 1. The van der Waals surface area contributed by atoms with Gasteiger partial charge in [0.2, 0.25) is 0 Å². The van der Waals surface area contributed by atoms with Gasteiger partial charge in [-0.25, -0.2) is 0 Å². The van der Waals surface area contributed by atoms with Crippen LogP contribution in [0.2, 0.25) is 0 Å². The summed E-state index contributed by atoms with van der Waals surface area (Å²) in [6, 6.07) is 0.144. The molecule has 0 radical (unpaired) electrons. The molecule has 100 valence electrons. The molecule has 0 aliphatic heterocycles. The van der Waals surface area contributed by atoms with Gasteiger partial charge in [-0.15, -0.1) is 0 Å². The highest BCUT2D eigenvalue weighted by molar-refractivity contribution is 5.76. The van der Waals surface area contributed by atoms with E-state index in [0.717, 1.165) is 19.3 Å². The molecule has 1 saturated carbocycles. The fraction of sp³-hybridized carbons (Fsp3) is 0.923. The fourth-order valence-corrected chi connectivity index (χ4v) is 1.37. The van der Waals surface area contributed by atoms with Crippen LogP contribution in [0, 0.1) is 0 Å². The Morgan fingerprint density at radius 2 is 2.06 bits per heavy atom. The number of carbonyl (C=O) groups excluding carboxylic acids is 1. The van der Waals surface area contributed by atoms with Gasteiger partial charge in [-0.2, -0.15) is 0 Å². The first-order chi connectivity index (χ1) is 7.98. The number of esters is 1. The molecule has 1 atom stereocenters. The normalized spacial score (nSPS) is 17.9. The Bertz CT molecular complexity index is 249. The molecule has 0 amide bonds. The number of ether oxygens (including phenoxy) is 2. The summed E-state index contributed by atoms with van der Waals surface area (Å²) in [4.78, 5) is 11.7. The van der Waals surface area contributed by atoms with E-state index in [-0.39, 0.29) is 17.6 Å². The minimum absolute atomic E-state index is 0.185. The van der Waals surface area contributed by atoms with Gasteiger partial charge in [0, 0.05) is 6.04 Å². The molecule has 0 aromatic rings. The lowest BCUT2D eigenvalue weighted by atomic mass is 10.1. The van der Waals surface area contributed by atoms with Crippen LogP contribution in [0.4, 0.5) is 0 Å². The van der Waals surface area contributed by atoms with Crippen molar-refractivity contribution in [3.8, 4) is 0 Å². The van der Waals surface area contributed by atoms with Gasteiger partial charge in [0.1, 0.15) is 6.04 Å². The first-order valence-electron chi connectivity index (χ1n) is 6.55. The first-order valence-corrected chi connectivity index (χ1v) is 6.55. The molecule has 1 unspecified atom stereocenters. The van der Waals surface area contributed by atoms with E-state index < -0.39 is 0 Å². The maximum atomic E-state index is 11.7. The van der Waals surface area contributed by atoms with E-state index in [9.17, 15) is 4.79 Å². The Morgan fingerprint density at radius 3 is 2.53 bits per heavy atom. The molecule has 0 heterocycles. The summed E-state index contributed by atoms with van der Waals surface area (Å²) in [5, 5.41) is 3.27. The molecule has 17 heavy (non-hydrogen) atoms. The maximum Gasteiger partial charge on any atom is 0.325 e. The molecule has 1 aliphatic rings. The third-order valence-electron chi connectivity index (χ3n) is 3.08. The van der Waals surface area contributed by atoms with Crippen molar-refractivity contribution in [3.63, 3.8) is 0 Å². The SMILES string of the molecule is CCOC(=O)C(COC(C)(C)CC)NC1CC1. The molecule has 0 saturated heterocycles. The second-order valence-corrected chi connectivity index (χ2v) is 5.17. The van der Waals surface area contributed by atoms with E-state index in [2.05, 4.69) is 12.2 Å². The van der Waals surface area contributed by atoms with Crippen LogP contribution in [0.1, 0.15) is 47.0 Å². The Kier molecular flexibility index (Phi) is 5.40. The zero-order chi connectivity index (χ0) is 12.9. The minimum Gasteiger partial charge on any atom is -0.465 e. The molecule has 0 spiro atoms. The van der Waals surface area contributed by atoms with Gasteiger partial charge in [-0.3, -0.25) is 10.1 Å². The maximum absolute atomic E-state index is 11.7. The van der Waals surface area contributed by atoms with Crippen LogP contribution in [0.3, 0.4) is 0 Å². The second kappa shape index (κ2) is 6.36. The van der Waals surface area contributed by atoms with Crippen molar-refractivity contribution >= 4 is 5.97 Å². The lowest BCUT2D eigenvalue weighted by Gasteiger charge is -2.26. The van der Waals surface area contributed by atoms with Crippen LogP contribution in [-0.4, -0.2) is 36.9 Å². The standard InChI is InChI=1S/C13H25NO3/c1-5-13(3,4)17-9-11(12(15)16-6-2)14-10-7-8-10/h10-11,14H,5-9H2,1-4H3. The average molecular weight is 243 g/mol. The van der Waals surface area contributed by atoms with Crippen LogP contribution >= 0.6 is 0 Å². The summed E-state index contributed by atoms with van der Waals surface area (Å²) in [5.41, 5.74) is -0.185. The Balaban J connectivity index is 2.41. The molecule has 0 aromatic heterocycles. The highest BCUT2D eigenvalue weighted by atomic mass is 16.5. The topological polar surface area (TPSA) is 47.6 Å². The van der Waals surface area contributed by atoms with Crippen molar-refractivity contribution < 1.29 is 14.3 Å². The first kappa shape index (κ1) is 14.5. The van der Waals surface area contributed by atoms with Crippen LogP contribution in [0.15, 0.2) is 0 Å². The van der Waals surface area contributed by atoms with Crippen molar-refractivity contribution in [3.05, 3.63) is 0 Å². The van der Waals surface area contributed by atoms with Crippen LogP contribution in [0.25, 0.3) is 0 Å². The van der Waals surface area contributed by atoms with Crippen molar-refractivity contribution in [2.45, 2.75) is 64.6 Å². The molecular weight excluding hydrogens is 218 g/mol. The van der Waals surface area contributed by atoms with E-state index in [4.69, 9.17) is 9.47 Å². The fourth-order valence-electron chi connectivity index (χ4n) is 1.37. The zero-order valence-electron chi connectivity index (χ0n) is 11.4. The zero-order valence-corrected chi connectivity index (χ0v) is 11.4. The minimum atomic E-state index is -0.326. The van der Waals surface area contributed by atoms with Gasteiger partial charge in [0.05, 0.1) is 18.8 Å². The predicted molar refractivity (Wildman–Crippen MR) is 66.9 cm³/mol. The molecule has 1 rings (SSSR count). The largest absolute Gasteiger partial charge is 0.465 e. The lowest BCUT2D eigenvalue weighted by molar-refractivity contribution is -0.149. The van der Waals surface area contributed by atoms with Gasteiger partial charge < -0.3 is 9.47 Å². The highest BCUT2D eigenvalue weighted by Gasteiger charge is 2.30.